The molecule has 31 heavy (non-hydrogen) atoms. The molecule has 1 aliphatic heterocycles. The number of hydrogen-bond donors (Lipinski definition) is 3. The van der Waals surface area contributed by atoms with Crippen molar-refractivity contribution in [3.05, 3.63) is 62.9 Å². The van der Waals surface area contributed by atoms with E-state index in [0.717, 1.165) is 27.9 Å². The summed E-state index contributed by atoms with van der Waals surface area (Å²) in [5, 5.41) is 17.7. The van der Waals surface area contributed by atoms with Crippen LogP contribution in [0.2, 0.25) is 0 Å². The van der Waals surface area contributed by atoms with Gasteiger partial charge in [0.2, 0.25) is 5.16 Å². The zero-order valence-electron chi connectivity index (χ0n) is 16.6. The molecule has 0 radical (unpaired) electrons. The third-order valence-corrected chi connectivity index (χ3v) is 6.21. The Morgan fingerprint density at radius 3 is 2.90 bits per heavy atom. The van der Waals surface area contributed by atoms with Crippen LogP contribution in [0, 0.1) is 0 Å². The van der Waals surface area contributed by atoms with Crippen LogP contribution in [0.1, 0.15) is 25.1 Å². The first-order valence-corrected chi connectivity index (χ1v) is 11.4. The van der Waals surface area contributed by atoms with Gasteiger partial charge in [0, 0.05) is 15.3 Å². The summed E-state index contributed by atoms with van der Waals surface area (Å²) in [4.78, 5) is 27.0. The van der Waals surface area contributed by atoms with Crippen molar-refractivity contribution in [2.24, 2.45) is 0 Å². The Morgan fingerprint density at radius 1 is 1.32 bits per heavy atom. The summed E-state index contributed by atoms with van der Waals surface area (Å²) in [6, 6.07) is 12.8. The van der Waals surface area contributed by atoms with Gasteiger partial charge < -0.3 is 15.2 Å². The van der Waals surface area contributed by atoms with Crippen molar-refractivity contribution in [1.29, 1.82) is 0 Å². The number of aliphatic carboxylic acids is 1. The normalized spacial score (nSPS) is 14.3. The predicted octanol–water partition coefficient (Wildman–Crippen LogP) is 3.42. The molecule has 3 N–H and O–H groups in total. The molecule has 3 aromatic rings. The fourth-order valence-electron chi connectivity index (χ4n) is 3.36. The highest BCUT2D eigenvalue weighted by atomic mass is 79.9. The van der Waals surface area contributed by atoms with Gasteiger partial charge in [0.1, 0.15) is 5.75 Å². The number of para-hydroxylation sites is 1. The summed E-state index contributed by atoms with van der Waals surface area (Å²) in [6.45, 7) is 1.59. The fraction of sp³-hybridized carbons (Fsp3) is 0.238. The lowest BCUT2D eigenvalue weighted by Crippen LogP contribution is -2.55. The average molecular weight is 504 g/mol. The third kappa shape index (κ3) is 4.45. The van der Waals surface area contributed by atoms with Crippen LogP contribution in [-0.2, 0) is 4.79 Å². The fourth-order valence-corrected chi connectivity index (χ4v) is 4.43. The van der Waals surface area contributed by atoms with Gasteiger partial charge in [-0.15, -0.1) is 0 Å². The molecule has 4 rings (SSSR count). The number of carboxylic acids is 1. The average Bonchev–Trinajstić information content (AvgIpc) is 2.75. The SMILES string of the molecule is CCCSc1n[n+]2c(c(=O)[nH]1)-c1cc(Br)ccc1N[C@@H]2c1ccccc1OCC(=O)O. The largest absolute Gasteiger partial charge is 0.481 e. The molecule has 0 fully saturated rings. The van der Waals surface area contributed by atoms with Crippen molar-refractivity contribution < 1.29 is 19.3 Å². The first-order valence-electron chi connectivity index (χ1n) is 9.67. The van der Waals surface area contributed by atoms with Crippen LogP contribution in [-0.4, -0.2) is 33.5 Å². The van der Waals surface area contributed by atoms with E-state index in [2.05, 4.69) is 33.2 Å². The summed E-state index contributed by atoms with van der Waals surface area (Å²) in [6.07, 6.45) is 0.386. The number of nitrogens with zero attached hydrogens (tertiary/aromatic N) is 2. The minimum atomic E-state index is -1.07. The Hall–Kier alpha value is -2.85. The van der Waals surface area contributed by atoms with Gasteiger partial charge in [-0.2, -0.15) is 0 Å². The molecule has 8 nitrogen and oxygen atoms in total. The monoisotopic (exact) mass is 503 g/mol. The molecule has 0 amide bonds. The number of thioether (sulfide) groups is 1. The molecule has 0 aliphatic carbocycles. The number of ether oxygens (including phenoxy) is 1. The second-order valence-corrected chi connectivity index (χ2v) is 8.86. The molecule has 0 spiro atoms. The van der Waals surface area contributed by atoms with Crippen molar-refractivity contribution in [3.8, 4) is 17.0 Å². The number of aromatic nitrogens is 3. The lowest BCUT2D eigenvalue weighted by molar-refractivity contribution is -0.759. The van der Waals surface area contributed by atoms with E-state index in [-0.39, 0.29) is 5.56 Å². The van der Waals surface area contributed by atoms with Crippen LogP contribution < -0.4 is 20.3 Å². The van der Waals surface area contributed by atoms with E-state index < -0.39 is 18.7 Å². The van der Waals surface area contributed by atoms with Crippen molar-refractivity contribution in [1.82, 2.24) is 10.1 Å². The second kappa shape index (κ2) is 9.11. The van der Waals surface area contributed by atoms with Gasteiger partial charge in [-0.25, -0.2) is 4.79 Å². The van der Waals surface area contributed by atoms with E-state index in [4.69, 9.17) is 14.9 Å². The van der Waals surface area contributed by atoms with E-state index >= 15 is 0 Å². The number of H-pyrrole nitrogens is 1. The van der Waals surface area contributed by atoms with Crippen molar-refractivity contribution >= 4 is 39.3 Å². The molecule has 0 saturated heterocycles. The van der Waals surface area contributed by atoms with Crippen molar-refractivity contribution in [2.45, 2.75) is 24.7 Å². The maximum atomic E-state index is 13.1. The molecule has 1 atom stereocenters. The molecule has 1 aromatic heterocycles. The summed E-state index contributed by atoms with van der Waals surface area (Å²) in [5.74, 6) is 0.162. The van der Waals surface area contributed by atoms with Crippen LogP contribution in [0.3, 0.4) is 0 Å². The smallest absolute Gasteiger partial charge is 0.341 e. The van der Waals surface area contributed by atoms with Crippen LogP contribution in [0.4, 0.5) is 5.69 Å². The van der Waals surface area contributed by atoms with E-state index in [9.17, 15) is 9.59 Å². The molecule has 0 saturated carbocycles. The number of anilines is 1. The van der Waals surface area contributed by atoms with Crippen LogP contribution >= 0.6 is 27.7 Å². The second-order valence-electron chi connectivity index (χ2n) is 6.86. The molecular weight excluding hydrogens is 484 g/mol. The number of carbonyl (C=O) groups is 1. The number of nitrogens with one attached hydrogen (secondary N) is 2. The summed E-state index contributed by atoms with van der Waals surface area (Å²) in [5.41, 5.74) is 2.32. The van der Waals surface area contributed by atoms with Gasteiger partial charge in [-0.3, -0.25) is 9.78 Å². The van der Waals surface area contributed by atoms with Crippen molar-refractivity contribution in [2.75, 3.05) is 17.7 Å². The standard InChI is InChI=1S/C21H19BrN4O4S/c1-2-9-31-21-24-20(29)18-14-10-12(22)7-8-15(14)23-19(26(18)25-21)13-5-3-4-6-16(13)30-11-17(27)28/h3-8,10,19H,2,9,11H2,1H3,(H2,24,25,27,28,29)/p+1/t19-/m0/s1. The minimum absolute atomic E-state index is 0.247. The number of benzene rings is 2. The first-order chi connectivity index (χ1) is 15.0. The molecule has 2 aromatic carbocycles. The Bertz CT molecular complexity index is 1200. The van der Waals surface area contributed by atoms with Gasteiger partial charge in [0.25, 0.3) is 6.17 Å². The minimum Gasteiger partial charge on any atom is -0.481 e. The molecular formula is C21H20BrN4O4S+. The van der Waals surface area contributed by atoms with Crippen LogP contribution in [0.25, 0.3) is 11.3 Å². The highest BCUT2D eigenvalue weighted by Gasteiger charge is 2.39. The number of fused-ring (bicyclic) bond motifs is 3. The zero-order chi connectivity index (χ0) is 22.0. The van der Waals surface area contributed by atoms with Gasteiger partial charge in [0.05, 0.1) is 16.8 Å². The number of aromatic amines is 1. The van der Waals surface area contributed by atoms with E-state index in [0.29, 0.717) is 22.2 Å². The third-order valence-electron chi connectivity index (χ3n) is 4.64. The van der Waals surface area contributed by atoms with E-state index in [1.165, 1.54) is 11.8 Å². The quantitative estimate of drug-likeness (QED) is 0.334. The lowest BCUT2D eigenvalue weighted by Gasteiger charge is -2.23. The van der Waals surface area contributed by atoms with Gasteiger partial charge >= 0.3 is 17.2 Å². The predicted molar refractivity (Wildman–Crippen MR) is 121 cm³/mol. The van der Waals surface area contributed by atoms with Gasteiger partial charge in [-0.05, 0) is 41.4 Å². The van der Waals surface area contributed by atoms with Crippen molar-refractivity contribution in [3.63, 3.8) is 0 Å². The highest BCUT2D eigenvalue weighted by molar-refractivity contribution is 9.10. The molecule has 0 bridgehead atoms. The zero-order valence-corrected chi connectivity index (χ0v) is 19.0. The Balaban J connectivity index is 1.89. The van der Waals surface area contributed by atoms with E-state index in [1.807, 2.05) is 30.3 Å². The summed E-state index contributed by atoms with van der Waals surface area (Å²) < 4.78 is 8.01. The molecule has 2 heterocycles. The lowest BCUT2D eigenvalue weighted by atomic mass is 10.0. The van der Waals surface area contributed by atoms with E-state index in [1.54, 1.807) is 16.8 Å². The maximum Gasteiger partial charge on any atom is 0.341 e. The summed E-state index contributed by atoms with van der Waals surface area (Å²) >= 11 is 4.95. The number of halogens is 1. The Kier molecular flexibility index (Phi) is 6.28. The first kappa shape index (κ1) is 21.4. The van der Waals surface area contributed by atoms with Gasteiger partial charge in [-0.1, -0.05) is 46.7 Å². The molecule has 160 valence electrons. The van der Waals surface area contributed by atoms with Crippen LogP contribution in [0.15, 0.2) is 56.9 Å². The van der Waals surface area contributed by atoms with Gasteiger partial charge in [0.15, 0.2) is 6.61 Å². The topological polar surface area (TPSA) is 108 Å². The number of carboxylic acid groups (broad SMARTS) is 1. The maximum absolute atomic E-state index is 13.1. The number of hydrogen-bond acceptors (Lipinski definition) is 6. The van der Waals surface area contributed by atoms with Crippen LogP contribution in [0.5, 0.6) is 5.75 Å². The Labute approximate surface area is 190 Å². The molecule has 10 heteroatoms. The highest BCUT2D eigenvalue weighted by Crippen LogP contribution is 2.36. The molecule has 0 unspecified atom stereocenters. The Morgan fingerprint density at radius 2 is 2.13 bits per heavy atom. The molecule has 1 aliphatic rings. The summed E-state index contributed by atoms with van der Waals surface area (Å²) in [7, 11) is 0. The number of rotatable bonds is 7.